The van der Waals surface area contributed by atoms with E-state index in [0.717, 1.165) is 5.75 Å². The standard InChI is InChI=1S/C18H19NO4/c1-22-18(21)14-9-11-15(12-10-14)19-17(20)8-5-13-23-16-6-3-2-4-7-16/h2-4,6-7,9-12H,5,8,13H2,1H3,(H,19,20). The summed E-state index contributed by atoms with van der Waals surface area (Å²) in [5.74, 6) is 0.305. The van der Waals surface area contributed by atoms with Crippen LogP contribution in [-0.4, -0.2) is 25.6 Å². The van der Waals surface area contributed by atoms with Gasteiger partial charge in [-0.2, -0.15) is 0 Å². The Morgan fingerprint density at radius 2 is 1.70 bits per heavy atom. The molecule has 1 amide bonds. The van der Waals surface area contributed by atoms with E-state index in [1.165, 1.54) is 7.11 Å². The van der Waals surface area contributed by atoms with Gasteiger partial charge in [-0.25, -0.2) is 4.79 Å². The number of ether oxygens (including phenoxy) is 2. The molecule has 0 aliphatic rings. The van der Waals surface area contributed by atoms with Crippen molar-refractivity contribution in [3.8, 4) is 5.75 Å². The van der Waals surface area contributed by atoms with E-state index in [1.54, 1.807) is 24.3 Å². The molecule has 0 aromatic heterocycles. The van der Waals surface area contributed by atoms with Crippen molar-refractivity contribution < 1.29 is 19.1 Å². The lowest BCUT2D eigenvalue weighted by molar-refractivity contribution is -0.116. The van der Waals surface area contributed by atoms with Crippen molar-refractivity contribution in [3.05, 3.63) is 60.2 Å². The summed E-state index contributed by atoms with van der Waals surface area (Å²) in [5, 5.41) is 2.78. The van der Waals surface area contributed by atoms with Crippen LogP contribution in [0.3, 0.4) is 0 Å². The predicted octanol–water partition coefficient (Wildman–Crippen LogP) is 3.27. The number of methoxy groups -OCH3 is 1. The minimum atomic E-state index is -0.402. The third kappa shape index (κ3) is 5.47. The summed E-state index contributed by atoms with van der Waals surface area (Å²) in [4.78, 5) is 23.2. The summed E-state index contributed by atoms with van der Waals surface area (Å²) < 4.78 is 10.1. The second-order valence-electron chi connectivity index (χ2n) is 4.88. The van der Waals surface area contributed by atoms with Gasteiger partial charge in [0.05, 0.1) is 19.3 Å². The number of benzene rings is 2. The normalized spacial score (nSPS) is 9.96. The number of para-hydroxylation sites is 1. The highest BCUT2D eigenvalue weighted by Crippen LogP contribution is 2.12. The van der Waals surface area contributed by atoms with E-state index >= 15 is 0 Å². The number of carbonyl (C=O) groups excluding carboxylic acids is 2. The fraction of sp³-hybridized carbons (Fsp3) is 0.222. The van der Waals surface area contributed by atoms with Crippen molar-refractivity contribution in [2.75, 3.05) is 19.0 Å². The van der Waals surface area contributed by atoms with Crippen LogP contribution in [0, 0.1) is 0 Å². The Morgan fingerprint density at radius 1 is 1.00 bits per heavy atom. The molecule has 1 N–H and O–H groups in total. The molecule has 5 heteroatoms. The topological polar surface area (TPSA) is 64.6 Å². The maximum atomic E-state index is 11.8. The summed E-state index contributed by atoms with van der Waals surface area (Å²) in [6.45, 7) is 0.485. The average Bonchev–Trinajstić information content (AvgIpc) is 2.59. The van der Waals surface area contributed by atoms with Crippen LogP contribution in [-0.2, 0) is 9.53 Å². The van der Waals surface area contributed by atoms with E-state index < -0.39 is 5.97 Å². The molecule has 0 saturated carbocycles. The molecule has 0 heterocycles. The molecular weight excluding hydrogens is 294 g/mol. The first-order chi connectivity index (χ1) is 11.2. The van der Waals surface area contributed by atoms with Gasteiger partial charge in [-0.05, 0) is 42.8 Å². The number of amides is 1. The Balaban J connectivity index is 1.71. The van der Waals surface area contributed by atoms with Gasteiger partial charge in [0.25, 0.3) is 0 Å². The molecule has 2 rings (SSSR count). The van der Waals surface area contributed by atoms with Crippen LogP contribution in [0.1, 0.15) is 23.2 Å². The summed E-state index contributed by atoms with van der Waals surface area (Å²) in [6, 6.07) is 16.0. The van der Waals surface area contributed by atoms with Gasteiger partial charge < -0.3 is 14.8 Å². The second-order valence-corrected chi connectivity index (χ2v) is 4.88. The fourth-order valence-corrected chi connectivity index (χ4v) is 1.97. The van der Waals surface area contributed by atoms with Crippen LogP contribution in [0.2, 0.25) is 0 Å². The van der Waals surface area contributed by atoms with Gasteiger partial charge in [0.2, 0.25) is 5.91 Å². The van der Waals surface area contributed by atoms with Crippen molar-refractivity contribution in [1.82, 2.24) is 0 Å². The van der Waals surface area contributed by atoms with Crippen LogP contribution < -0.4 is 10.1 Å². The molecule has 0 aliphatic heterocycles. The van der Waals surface area contributed by atoms with Gasteiger partial charge in [-0.3, -0.25) is 4.79 Å². The predicted molar refractivity (Wildman–Crippen MR) is 87.6 cm³/mol. The fourth-order valence-electron chi connectivity index (χ4n) is 1.97. The molecule has 0 fully saturated rings. The number of anilines is 1. The van der Waals surface area contributed by atoms with Crippen molar-refractivity contribution >= 4 is 17.6 Å². The molecular formula is C18H19NO4. The molecule has 120 valence electrons. The largest absolute Gasteiger partial charge is 0.494 e. The van der Waals surface area contributed by atoms with Crippen LogP contribution in [0.15, 0.2) is 54.6 Å². The monoisotopic (exact) mass is 313 g/mol. The molecule has 0 radical (unpaired) electrons. The molecule has 5 nitrogen and oxygen atoms in total. The smallest absolute Gasteiger partial charge is 0.337 e. The van der Waals surface area contributed by atoms with Crippen LogP contribution in [0.4, 0.5) is 5.69 Å². The molecule has 0 saturated heterocycles. The molecule has 0 atom stereocenters. The lowest BCUT2D eigenvalue weighted by atomic mass is 10.2. The van der Waals surface area contributed by atoms with E-state index in [9.17, 15) is 9.59 Å². The number of carbonyl (C=O) groups is 2. The Hall–Kier alpha value is -2.82. The number of esters is 1. The lowest BCUT2D eigenvalue weighted by Gasteiger charge is -2.07. The summed E-state index contributed by atoms with van der Waals surface area (Å²) in [5.41, 5.74) is 1.09. The Bertz CT molecular complexity index is 638. The van der Waals surface area contributed by atoms with Crippen molar-refractivity contribution in [1.29, 1.82) is 0 Å². The van der Waals surface area contributed by atoms with E-state index in [2.05, 4.69) is 10.1 Å². The van der Waals surface area contributed by atoms with Crippen molar-refractivity contribution in [3.63, 3.8) is 0 Å². The first-order valence-corrected chi connectivity index (χ1v) is 7.35. The maximum absolute atomic E-state index is 11.8. The van der Waals surface area contributed by atoms with Crippen LogP contribution in [0.25, 0.3) is 0 Å². The minimum Gasteiger partial charge on any atom is -0.494 e. The quantitative estimate of drug-likeness (QED) is 0.629. The molecule has 0 bridgehead atoms. The van der Waals surface area contributed by atoms with Gasteiger partial charge in [0, 0.05) is 12.1 Å². The average molecular weight is 313 g/mol. The Labute approximate surface area is 135 Å². The minimum absolute atomic E-state index is 0.0903. The highest BCUT2D eigenvalue weighted by molar-refractivity contribution is 5.92. The van der Waals surface area contributed by atoms with Crippen LogP contribution in [0.5, 0.6) is 5.75 Å². The van der Waals surface area contributed by atoms with Crippen LogP contribution >= 0.6 is 0 Å². The zero-order valence-electron chi connectivity index (χ0n) is 13.0. The highest BCUT2D eigenvalue weighted by Gasteiger charge is 2.06. The first kappa shape index (κ1) is 16.5. The third-order valence-electron chi connectivity index (χ3n) is 3.15. The summed E-state index contributed by atoms with van der Waals surface area (Å²) in [7, 11) is 1.33. The molecule has 2 aromatic carbocycles. The Kier molecular flexibility index (Phi) is 6.17. The van der Waals surface area contributed by atoms with E-state index in [-0.39, 0.29) is 5.91 Å². The second kappa shape index (κ2) is 8.58. The van der Waals surface area contributed by atoms with Gasteiger partial charge >= 0.3 is 5.97 Å². The third-order valence-corrected chi connectivity index (χ3v) is 3.15. The lowest BCUT2D eigenvalue weighted by Crippen LogP contribution is -2.13. The zero-order chi connectivity index (χ0) is 16.5. The van der Waals surface area contributed by atoms with Crippen molar-refractivity contribution in [2.45, 2.75) is 12.8 Å². The van der Waals surface area contributed by atoms with Gasteiger partial charge in [-0.1, -0.05) is 18.2 Å². The number of hydrogen-bond acceptors (Lipinski definition) is 4. The van der Waals surface area contributed by atoms with Crippen molar-refractivity contribution in [2.24, 2.45) is 0 Å². The maximum Gasteiger partial charge on any atom is 0.337 e. The first-order valence-electron chi connectivity index (χ1n) is 7.35. The van der Waals surface area contributed by atoms with E-state index in [1.807, 2.05) is 30.3 Å². The number of hydrogen-bond donors (Lipinski definition) is 1. The van der Waals surface area contributed by atoms with Gasteiger partial charge in [-0.15, -0.1) is 0 Å². The molecule has 2 aromatic rings. The Morgan fingerprint density at radius 3 is 2.35 bits per heavy atom. The summed E-state index contributed by atoms with van der Waals surface area (Å²) >= 11 is 0. The number of nitrogens with one attached hydrogen (secondary N) is 1. The van der Waals surface area contributed by atoms with Gasteiger partial charge in [0.1, 0.15) is 5.75 Å². The van der Waals surface area contributed by atoms with E-state index in [4.69, 9.17) is 4.74 Å². The van der Waals surface area contributed by atoms with E-state index in [0.29, 0.717) is 30.7 Å². The SMILES string of the molecule is COC(=O)c1ccc(NC(=O)CCCOc2ccccc2)cc1. The molecule has 0 unspecified atom stereocenters. The highest BCUT2D eigenvalue weighted by atomic mass is 16.5. The molecule has 0 aliphatic carbocycles. The molecule has 0 spiro atoms. The number of rotatable bonds is 7. The molecule has 23 heavy (non-hydrogen) atoms. The van der Waals surface area contributed by atoms with Gasteiger partial charge in [0.15, 0.2) is 0 Å². The zero-order valence-corrected chi connectivity index (χ0v) is 13.0. The summed E-state index contributed by atoms with van der Waals surface area (Å²) in [6.07, 6.45) is 0.993.